The average molecular weight is 453 g/mol. The van der Waals surface area contributed by atoms with Gasteiger partial charge in [-0.1, -0.05) is 6.07 Å². The second-order valence-corrected chi connectivity index (χ2v) is 7.62. The molecule has 12 nitrogen and oxygen atoms in total. The molecule has 1 aromatic carbocycles. The molecule has 0 spiro atoms. The number of hydrogen-bond acceptors (Lipinski definition) is 8. The molecule has 33 heavy (non-hydrogen) atoms. The van der Waals surface area contributed by atoms with Gasteiger partial charge < -0.3 is 25.2 Å². The molecule has 2 amide bonds. The topological polar surface area (TPSA) is 156 Å². The number of nitrogens with one attached hydrogen (secondary N) is 1. The number of ether oxygens (including phenoxy) is 1. The molecular weight excluding hydrogens is 430 g/mol. The minimum atomic E-state index is -0.999. The molecule has 0 bridgehead atoms. The van der Waals surface area contributed by atoms with Crippen LogP contribution in [0, 0.1) is 0 Å². The van der Waals surface area contributed by atoms with Gasteiger partial charge in [-0.3, -0.25) is 4.79 Å². The Balaban J connectivity index is 1.61. The zero-order valence-electron chi connectivity index (χ0n) is 18.1. The van der Waals surface area contributed by atoms with Gasteiger partial charge in [0.1, 0.15) is 17.3 Å². The normalized spacial score (nSPS) is 13.8. The lowest BCUT2D eigenvalue weighted by molar-refractivity contribution is 0.102. The summed E-state index contributed by atoms with van der Waals surface area (Å²) in [4.78, 5) is 30.2. The fourth-order valence-electron chi connectivity index (χ4n) is 3.65. The number of amides is 2. The van der Waals surface area contributed by atoms with Gasteiger partial charge in [-0.05, 0) is 59.2 Å². The van der Waals surface area contributed by atoms with Gasteiger partial charge in [-0.25, -0.2) is 14.5 Å². The van der Waals surface area contributed by atoms with Crippen molar-refractivity contribution in [2.75, 3.05) is 25.6 Å². The number of hydrogen-bond donors (Lipinski definition) is 3. The van der Waals surface area contributed by atoms with Crippen LogP contribution in [-0.2, 0) is 13.0 Å². The van der Waals surface area contributed by atoms with Gasteiger partial charge in [0.15, 0.2) is 0 Å². The van der Waals surface area contributed by atoms with Gasteiger partial charge in [-0.15, -0.1) is 5.10 Å². The van der Waals surface area contributed by atoms with Crippen molar-refractivity contribution in [3.05, 3.63) is 47.0 Å². The number of anilines is 1. The van der Waals surface area contributed by atoms with Gasteiger partial charge in [0.25, 0.3) is 5.91 Å². The van der Waals surface area contributed by atoms with E-state index in [1.54, 1.807) is 37.3 Å². The third kappa shape index (κ3) is 4.46. The fourth-order valence-corrected chi connectivity index (χ4v) is 3.65. The Morgan fingerprint density at radius 1 is 1.27 bits per heavy atom. The molecule has 1 aliphatic heterocycles. The van der Waals surface area contributed by atoms with E-state index in [9.17, 15) is 19.8 Å². The van der Waals surface area contributed by atoms with E-state index in [1.807, 2.05) is 0 Å². The summed E-state index contributed by atoms with van der Waals surface area (Å²) in [5, 5.41) is 33.0. The van der Waals surface area contributed by atoms with Crippen LogP contribution in [0.4, 0.5) is 10.6 Å². The molecule has 3 heterocycles. The van der Waals surface area contributed by atoms with Crippen LogP contribution in [0.3, 0.4) is 0 Å². The number of carbonyl (C=O) groups is 2. The van der Waals surface area contributed by atoms with Crippen LogP contribution >= 0.6 is 0 Å². The molecule has 172 valence electrons. The van der Waals surface area contributed by atoms with E-state index in [0.29, 0.717) is 30.2 Å². The average Bonchev–Trinajstić information content (AvgIpc) is 3.32. The Morgan fingerprint density at radius 3 is 2.82 bits per heavy atom. The number of rotatable bonds is 6. The largest absolute Gasteiger partial charge is 0.496 e. The third-order valence-corrected chi connectivity index (χ3v) is 5.44. The molecule has 3 N–H and O–H groups in total. The summed E-state index contributed by atoms with van der Waals surface area (Å²) >= 11 is 0. The highest BCUT2D eigenvalue weighted by molar-refractivity contribution is 6.06. The van der Waals surface area contributed by atoms with E-state index < -0.39 is 12.0 Å². The first-order chi connectivity index (χ1) is 15.9. The Morgan fingerprint density at radius 2 is 2.09 bits per heavy atom. The lowest BCUT2D eigenvalue weighted by Crippen LogP contribution is -2.35. The molecule has 1 unspecified atom stereocenters. The van der Waals surface area contributed by atoms with Crippen LogP contribution < -0.4 is 10.1 Å². The van der Waals surface area contributed by atoms with Crippen LogP contribution in [0.15, 0.2) is 30.3 Å². The minimum Gasteiger partial charge on any atom is -0.496 e. The van der Waals surface area contributed by atoms with Crippen LogP contribution in [0.2, 0.25) is 0 Å². The van der Waals surface area contributed by atoms with Crippen molar-refractivity contribution in [3.8, 4) is 17.3 Å². The number of fused-ring (bicyclic) bond motifs is 1. The van der Waals surface area contributed by atoms with Gasteiger partial charge in [0, 0.05) is 13.1 Å². The van der Waals surface area contributed by atoms with Crippen molar-refractivity contribution in [1.29, 1.82) is 0 Å². The smallest absolute Gasteiger partial charge is 0.407 e. The minimum absolute atomic E-state index is 0.147. The number of nitrogens with zero attached hydrogens (tertiary/aromatic N) is 6. The standard InChI is InChI=1S/C21H23N7O5/c1-12(11-29)28-19(24-25-26-28)16-4-3-5-18(22-16)23-20(30)15-8-14-10-27(21(31)32)7-6-13(14)9-17(15)33-2/h3-5,8-9,12,29H,6-7,10-11H2,1-2H3,(H,31,32)(H,22,23,30). The van der Waals surface area contributed by atoms with E-state index in [2.05, 4.69) is 25.8 Å². The van der Waals surface area contributed by atoms with Gasteiger partial charge in [0.2, 0.25) is 5.82 Å². The lowest BCUT2D eigenvalue weighted by Gasteiger charge is -2.27. The number of aliphatic hydroxyl groups is 1. The van der Waals surface area contributed by atoms with Crippen LogP contribution in [0.5, 0.6) is 5.75 Å². The molecule has 0 radical (unpaired) electrons. The summed E-state index contributed by atoms with van der Waals surface area (Å²) < 4.78 is 6.87. The highest BCUT2D eigenvalue weighted by atomic mass is 16.5. The van der Waals surface area contributed by atoms with Crippen molar-refractivity contribution in [3.63, 3.8) is 0 Å². The van der Waals surface area contributed by atoms with E-state index in [1.165, 1.54) is 16.7 Å². The Hall–Kier alpha value is -4.06. The van der Waals surface area contributed by atoms with Gasteiger partial charge in [0.05, 0.1) is 25.3 Å². The van der Waals surface area contributed by atoms with E-state index >= 15 is 0 Å². The first-order valence-electron chi connectivity index (χ1n) is 10.3. The maximum Gasteiger partial charge on any atom is 0.407 e. The maximum absolute atomic E-state index is 13.1. The van der Waals surface area contributed by atoms with Gasteiger partial charge in [-0.2, -0.15) is 0 Å². The molecule has 0 saturated heterocycles. The van der Waals surface area contributed by atoms with Crippen molar-refractivity contribution < 1.29 is 24.5 Å². The van der Waals surface area contributed by atoms with Crippen molar-refractivity contribution >= 4 is 17.8 Å². The summed E-state index contributed by atoms with van der Waals surface area (Å²) in [6.45, 7) is 2.21. The molecule has 1 aliphatic rings. The number of methoxy groups -OCH3 is 1. The number of pyridine rings is 1. The molecule has 3 aromatic rings. The quantitative estimate of drug-likeness (QED) is 0.504. The highest BCUT2D eigenvalue weighted by Crippen LogP contribution is 2.29. The van der Waals surface area contributed by atoms with Crippen molar-refractivity contribution in [2.45, 2.75) is 25.9 Å². The second-order valence-electron chi connectivity index (χ2n) is 7.62. The predicted molar refractivity (Wildman–Crippen MR) is 116 cm³/mol. The number of benzene rings is 1. The van der Waals surface area contributed by atoms with E-state index in [0.717, 1.165) is 11.1 Å². The summed E-state index contributed by atoms with van der Waals surface area (Å²) in [6.07, 6.45) is -0.453. The van der Waals surface area contributed by atoms with Crippen LogP contribution in [0.25, 0.3) is 11.5 Å². The van der Waals surface area contributed by atoms with E-state index in [-0.39, 0.29) is 30.6 Å². The SMILES string of the molecule is COc1cc2c(cc1C(=O)Nc1cccc(-c3nnnn3C(C)CO)n1)CN(C(=O)O)CC2. The van der Waals surface area contributed by atoms with Gasteiger partial charge >= 0.3 is 6.09 Å². The highest BCUT2D eigenvalue weighted by Gasteiger charge is 2.24. The number of carbonyl (C=O) groups excluding carboxylic acids is 1. The summed E-state index contributed by atoms with van der Waals surface area (Å²) in [5.41, 5.74) is 2.40. The molecule has 2 aromatic heterocycles. The third-order valence-electron chi connectivity index (χ3n) is 5.44. The second kappa shape index (κ2) is 9.20. The maximum atomic E-state index is 13.1. The molecule has 0 saturated carbocycles. The first kappa shape index (κ1) is 22.1. The van der Waals surface area contributed by atoms with Crippen molar-refractivity contribution in [1.82, 2.24) is 30.1 Å². The fraction of sp³-hybridized carbons (Fsp3) is 0.333. The molecular formula is C21H23N7O5. The number of aromatic nitrogens is 5. The lowest BCUT2D eigenvalue weighted by atomic mass is 9.96. The number of tetrazole rings is 1. The predicted octanol–water partition coefficient (Wildman–Crippen LogP) is 1.59. The molecule has 0 fully saturated rings. The van der Waals surface area contributed by atoms with E-state index in [4.69, 9.17) is 4.74 Å². The molecule has 4 rings (SSSR count). The van der Waals surface area contributed by atoms with Crippen molar-refractivity contribution in [2.24, 2.45) is 0 Å². The Kier molecular flexibility index (Phi) is 6.18. The van der Waals surface area contributed by atoms with Crippen LogP contribution in [-0.4, -0.2) is 72.6 Å². The zero-order valence-corrected chi connectivity index (χ0v) is 18.1. The summed E-state index contributed by atoms with van der Waals surface area (Å²) in [7, 11) is 1.48. The summed E-state index contributed by atoms with van der Waals surface area (Å²) in [5.74, 6) is 0.574. The Labute approximate surface area is 188 Å². The first-order valence-corrected chi connectivity index (χ1v) is 10.3. The monoisotopic (exact) mass is 453 g/mol. The Bertz CT molecular complexity index is 1200. The molecule has 1 atom stereocenters. The number of aliphatic hydroxyl groups excluding tert-OH is 1. The molecule has 0 aliphatic carbocycles. The van der Waals surface area contributed by atoms with Crippen LogP contribution in [0.1, 0.15) is 34.5 Å². The number of carboxylic acid groups (broad SMARTS) is 1. The summed E-state index contributed by atoms with van der Waals surface area (Å²) in [6, 6.07) is 8.11. The molecule has 12 heteroatoms. The zero-order chi connectivity index (χ0) is 23.5.